The van der Waals surface area contributed by atoms with E-state index >= 15 is 0 Å². The molecule has 0 aromatic carbocycles. The minimum absolute atomic E-state index is 0.136. The van der Waals surface area contributed by atoms with Crippen LogP contribution >= 0.6 is 0 Å². The van der Waals surface area contributed by atoms with Crippen LogP contribution in [0.1, 0.15) is 52.4 Å². The zero-order valence-corrected chi connectivity index (χ0v) is 12.4. The quantitative estimate of drug-likeness (QED) is 0.795. The number of carbonyl (C=O) groups excluding carboxylic acids is 1. The summed E-state index contributed by atoms with van der Waals surface area (Å²) in [6.07, 6.45) is 4.50. The second-order valence-corrected chi connectivity index (χ2v) is 6.12. The highest BCUT2D eigenvalue weighted by Crippen LogP contribution is 2.30. The van der Waals surface area contributed by atoms with Gasteiger partial charge in [-0.25, -0.2) is 0 Å². The number of amides is 1. The largest absolute Gasteiger partial charge is 0.347 e. The average Bonchev–Trinajstić information content (AvgIpc) is 2.38. The van der Waals surface area contributed by atoms with Crippen LogP contribution in [0.15, 0.2) is 0 Å². The smallest absolute Gasteiger partial charge is 0.225 e. The Balaban J connectivity index is 1.90. The number of nitriles is 1. The minimum atomic E-state index is -0.716. The van der Waals surface area contributed by atoms with Gasteiger partial charge in [0.1, 0.15) is 0 Å². The molecule has 0 spiro atoms. The summed E-state index contributed by atoms with van der Waals surface area (Å²) in [6.45, 7) is 5.42. The highest BCUT2D eigenvalue weighted by atomic mass is 16.7. The van der Waals surface area contributed by atoms with Crippen molar-refractivity contribution in [3.05, 3.63) is 0 Å². The van der Waals surface area contributed by atoms with Crippen molar-refractivity contribution in [3.63, 3.8) is 0 Å². The minimum Gasteiger partial charge on any atom is -0.347 e. The Kier molecular flexibility index (Phi) is 5.00. The van der Waals surface area contributed by atoms with E-state index in [0.29, 0.717) is 19.3 Å². The van der Waals surface area contributed by atoms with E-state index in [1.165, 1.54) is 6.42 Å². The molecule has 0 unspecified atom stereocenters. The Morgan fingerprint density at radius 1 is 1.25 bits per heavy atom. The molecule has 2 saturated heterocycles. The van der Waals surface area contributed by atoms with E-state index in [4.69, 9.17) is 14.7 Å². The fraction of sp³-hybridized carbons (Fsp3) is 0.867. The summed E-state index contributed by atoms with van der Waals surface area (Å²) >= 11 is 0. The Bertz CT molecular complexity index is 383. The standard InChI is InChI=1S/C15H24N2O3/c1-15(2)19-12(6-7-16)10-13(20-15)11-14(18)17-8-4-3-5-9-17/h12-13H,3-6,8-11H2,1-2H3/t12-,13-/m1/s1. The van der Waals surface area contributed by atoms with Gasteiger partial charge in [0.2, 0.25) is 5.91 Å². The van der Waals surface area contributed by atoms with Crippen LogP contribution in [0.25, 0.3) is 0 Å². The van der Waals surface area contributed by atoms with Crippen LogP contribution in [0.4, 0.5) is 0 Å². The number of rotatable bonds is 3. The third-order valence-electron chi connectivity index (χ3n) is 3.86. The first-order chi connectivity index (χ1) is 9.50. The molecule has 0 radical (unpaired) electrons. The summed E-state index contributed by atoms with van der Waals surface area (Å²) in [6, 6.07) is 2.14. The summed E-state index contributed by atoms with van der Waals surface area (Å²) in [7, 11) is 0. The molecule has 0 N–H and O–H groups in total. The monoisotopic (exact) mass is 280 g/mol. The lowest BCUT2D eigenvalue weighted by Gasteiger charge is -2.40. The van der Waals surface area contributed by atoms with Crippen molar-refractivity contribution in [3.8, 4) is 6.07 Å². The topological polar surface area (TPSA) is 62.6 Å². The van der Waals surface area contributed by atoms with Crippen LogP contribution in [0.5, 0.6) is 0 Å². The summed E-state index contributed by atoms with van der Waals surface area (Å²) in [5.41, 5.74) is 0. The van der Waals surface area contributed by atoms with Crippen molar-refractivity contribution in [2.24, 2.45) is 0 Å². The van der Waals surface area contributed by atoms with Crippen LogP contribution in [-0.2, 0) is 14.3 Å². The lowest BCUT2D eigenvalue weighted by molar-refractivity contribution is -0.298. The molecule has 0 saturated carbocycles. The normalized spacial score (nSPS) is 29.8. The van der Waals surface area contributed by atoms with Crippen LogP contribution in [0, 0.1) is 11.3 Å². The maximum atomic E-state index is 12.3. The number of hydrogen-bond acceptors (Lipinski definition) is 4. The number of piperidine rings is 1. The predicted octanol–water partition coefficient (Wildman–Crippen LogP) is 2.21. The molecular weight excluding hydrogens is 256 g/mol. The van der Waals surface area contributed by atoms with E-state index in [0.717, 1.165) is 25.9 Å². The molecule has 20 heavy (non-hydrogen) atoms. The number of nitrogens with zero attached hydrogens (tertiary/aromatic N) is 2. The van der Waals surface area contributed by atoms with E-state index in [9.17, 15) is 4.79 Å². The molecule has 5 nitrogen and oxygen atoms in total. The molecule has 0 bridgehead atoms. The molecule has 5 heteroatoms. The first-order valence-corrected chi connectivity index (χ1v) is 7.50. The molecule has 2 heterocycles. The molecule has 2 aliphatic rings. The average molecular weight is 280 g/mol. The molecule has 0 aromatic rings. The zero-order chi connectivity index (χ0) is 14.6. The van der Waals surface area contributed by atoms with Crippen molar-refractivity contribution in [2.75, 3.05) is 13.1 Å². The van der Waals surface area contributed by atoms with Gasteiger partial charge in [-0.15, -0.1) is 0 Å². The molecule has 1 amide bonds. The maximum Gasteiger partial charge on any atom is 0.225 e. The van der Waals surface area contributed by atoms with Gasteiger partial charge < -0.3 is 14.4 Å². The number of ether oxygens (including phenoxy) is 2. The molecule has 2 atom stereocenters. The summed E-state index contributed by atoms with van der Waals surface area (Å²) < 4.78 is 11.5. The fourth-order valence-corrected chi connectivity index (χ4v) is 3.04. The third-order valence-corrected chi connectivity index (χ3v) is 3.86. The Labute approximate surface area is 120 Å². The first-order valence-electron chi connectivity index (χ1n) is 7.50. The molecule has 0 aromatic heterocycles. The Hall–Kier alpha value is -1.12. The number of likely N-dealkylation sites (tertiary alicyclic amines) is 1. The Morgan fingerprint density at radius 2 is 1.90 bits per heavy atom. The van der Waals surface area contributed by atoms with Crippen LogP contribution in [0.3, 0.4) is 0 Å². The van der Waals surface area contributed by atoms with E-state index in [2.05, 4.69) is 6.07 Å². The van der Waals surface area contributed by atoms with E-state index < -0.39 is 5.79 Å². The summed E-state index contributed by atoms with van der Waals surface area (Å²) in [4.78, 5) is 14.2. The van der Waals surface area contributed by atoms with Gasteiger partial charge in [0.25, 0.3) is 0 Å². The van der Waals surface area contributed by atoms with Gasteiger partial charge in [-0.1, -0.05) is 0 Å². The molecule has 2 aliphatic heterocycles. The van der Waals surface area contributed by atoms with Gasteiger partial charge in [-0.05, 0) is 33.1 Å². The van der Waals surface area contributed by atoms with Crippen LogP contribution in [0.2, 0.25) is 0 Å². The van der Waals surface area contributed by atoms with Crippen molar-refractivity contribution in [1.29, 1.82) is 5.26 Å². The van der Waals surface area contributed by atoms with Crippen LogP contribution in [-0.4, -0.2) is 41.9 Å². The lowest BCUT2D eigenvalue weighted by atomic mass is 10.0. The SMILES string of the molecule is CC1(C)O[C@H](CC#N)C[C@H](CC(=O)N2CCCCC2)O1. The zero-order valence-electron chi connectivity index (χ0n) is 12.4. The van der Waals surface area contributed by atoms with Gasteiger partial charge in [0, 0.05) is 19.5 Å². The first kappa shape index (κ1) is 15.3. The van der Waals surface area contributed by atoms with Gasteiger partial charge in [0.05, 0.1) is 31.1 Å². The third kappa shape index (κ3) is 4.19. The molecule has 2 fully saturated rings. The molecule has 112 valence electrons. The lowest BCUT2D eigenvalue weighted by Crippen LogP contribution is -2.47. The molecule has 2 rings (SSSR count). The van der Waals surface area contributed by atoms with Crippen molar-refractivity contribution >= 4 is 5.91 Å². The molecule has 0 aliphatic carbocycles. The Morgan fingerprint density at radius 3 is 2.55 bits per heavy atom. The van der Waals surface area contributed by atoms with Gasteiger partial charge >= 0.3 is 0 Å². The fourth-order valence-electron chi connectivity index (χ4n) is 3.04. The van der Waals surface area contributed by atoms with Gasteiger partial charge in [-0.2, -0.15) is 5.26 Å². The highest BCUT2D eigenvalue weighted by Gasteiger charge is 2.36. The maximum absolute atomic E-state index is 12.3. The van der Waals surface area contributed by atoms with Gasteiger partial charge in [-0.3, -0.25) is 4.79 Å². The number of hydrogen-bond donors (Lipinski definition) is 0. The van der Waals surface area contributed by atoms with Crippen molar-refractivity contribution in [2.45, 2.75) is 70.4 Å². The van der Waals surface area contributed by atoms with E-state index in [1.807, 2.05) is 18.7 Å². The van der Waals surface area contributed by atoms with E-state index in [1.54, 1.807) is 0 Å². The second-order valence-electron chi connectivity index (χ2n) is 6.12. The highest BCUT2D eigenvalue weighted by molar-refractivity contribution is 5.76. The van der Waals surface area contributed by atoms with Crippen LogP contribution < -0.4 is 0 Å². The number of carbonyl (C=O) groups is 1. The van der Waals surface area contributed by atoms with Gasteiger partial charge in [0.15, 0.2) is 5.79 Å². The van der Waals surface area contributed by atoms with E-state index in [-0.39, 0.29) is 18.1 Å². The van der Waals surface area contributed by atoms with Crippen molar-refractivity contribution in [1.82, 2.24) is 4.90 Å². The summed E-state index contributed by atoms with van der Waals surface area (Å²) in [5.74, 6) is -0.546. The predicted molar refractivity (Wildman–Crippen MR) is 73.7 cm³/mol. The summed E-state index contributed by atoms with van der Waals surface area (Å²) in [5, 5.41) is 8.81. The molecular formula is C15H24N2O3. The second kappa shape index (κ2) is 6.55. The van der Waals surface area contributed by atoms with Crippen molar-refractivity contribution < 1.29 is 14.3 Å².